The molecule has 0 unspecified atom stereocenters. The molecule has 0 fully saturated rings. The van der Waals surface area contributed by atoms with Crippen LogP contribution >= 0.6 is 0 Å². The van der Waals surface area contributed by atoms with Crippen LogP contribution in [-0.4, -0.2) is 68.8 Å². The summed E-state index contributed by atoms with van der Waals surface area (Å²) in [6.07, 6.45) is -5.69. The lowest BCUT2D eigenvalue weighted by Crippen LogP contribution is -2.52. The van der Waals surface area contributed by atoms with E-state index in [1.807, 2.05) is 6.92 Å². The quantitative estimate of drug-likeness (QED) is 0.387. The average Bonchev–Trinajstić information content (AvgIpc) is 2.79. The first kappa shape index (κ1) is 13.9. The molecule has 1 aliphatic heterocycles. The monoisotopic (exact) mass is 260 g/mol. The number of aliphatic hydroxyl groups is 5. The number of rotatable bonds is 3. The van der Waals surface area contributed by atoms with Gasteiger partial charge in [0.25, 0.3) is 0 Å². The second-order valence-electron chi connectivity index (χ2n) is 4.94. The SMILES string of the molecule is CCC[C@H](O)[C@H]1OCC2=C1[C@@H](O)[C@@H](O)[C@@H](O)[C@H]2O. The van der Waals surface area contributed by atoms with Gasteiger partial charge in [-0.2, -0.15) is 0 Å². The van der Waals surface area contributed by atoms with E-state index in [1.54, 1.807) is 0 Å². The summed E-state index contributed by atoms with van der Waals surface area (Å²) in [7, 11) is 0. The van der Waals surface area contributed by atoms with E-state index in [-0.39, 0.29) is 6.61 Å². The summed E-state index contributed by atoms with van der Waals surface area (Å²) in [5, 5.41) is 49.0. The van der Waals surface area contributed by atoms with E-state index < -0.39 is 36.6 Å². The molecular formula is C12H20O6. The number of ether oxygens (including phenoxy) is 1. The van der Waals surface area contributed by atoms with E-state index in [0.29, 0.717) is 17.6 Å². The fourth-order valence-corrected chi connectivity index (χ4v) is 2.68. The van der Waals surface area contributed by atoms with E-state index >= 15 is 0 Å². The minimum absolute atomic E-state index is 0.0583. The molecule has 0 aromatic carbocycles. The standard InChI is InChI=1S/C12H20O6/c1-2-3-6(13)12-7-5(4-18-12)8(14)10(16)11(17)9(7)15/h6,8-17H,2-4H2,1H3/t6-,8-,9+,10-,11+,12+/m0/s1. The summed E-state index contributed by atoms with van der Waals surface area (Å²) in [6, 6.07) is 0. The first-order valence-electron chi connectivity index (χ1n) is 6.23. The van der Waals surface area contributed by atoms with Crippen LogP contribution in [0.3, 0.4) is 0 Å². The fraction of sp³-hybridized carbons (Fsp3) is 0.833. The Bertz CT molecular complexity index is 341. The third kappa shape index (κ3) is 2.09. The average molecular weight is 260 g/mol. The first-order valence-corrected chi connectivity index (χ1v) is 6.23. The largest absolute Gasteiger partial charge is 0.390 e. The Kier molecular flexibility index (Phi) is 4.05. The molecule has 0 saturated heterocycles. The van der Waals surface area contributed by atoms with Crippen molar-refractivity contribution in [2.45, 2.75) is 56.4 Å². The molecule has 0 amide bonds. The van der Waals surface area contributed by atoms with Crippen molar-refractivity contribution in [1.29, 1.82) is 0 Å². The maximum Gasteiger partial charge on any atom is 0.113 e. The van der Waals surface area contributed by atoms with Crippen LogP contribution in [0, 0.1) is 0 Å². The Labute approximate surface area is 105 Å². The lowest BCUT2D eigenvalue weighted by atomic mass is 9.81. The van der Waals surface area contributed by atoms with Crippen molar-refractivity contribution >= 4 is 0 Å². The van der Waals surface area contributed by atoms with Gasteiger partial charge in [-0.3, -0.25) is 0 Å². The summed E-state index contributed by atoms with van der Waals surface area (Å²) < 4.78 is 5.39. The van der Waals surface area contributed by atoms with Crippen molar-refractivity contribution < 1.29 is 30.3 Å². The summed E-state index contributed by atoms with van der Waals surface area (Å²) in [5.41, 5.74) is 0.696. The van der Waals surface area contributed by atoms with Crippen LogP contribution in [0.1, 0.15) is 19.8 Å². The molecule has 18 heavy (non-hydrogen) atoms. The molecule has 0 aromatic rings. The van der Waals surface area contributed by atoms with Crippen LogP contribution in [0.15, 0.2) is 11.1 Å². The van der Waals surface area contributed by atoms with Crippen LogP contribution in [0.5, 0.6) is 0 Å². The Balaban J connectivity index is 2.28. The van der Waals surface area contributed by atoms with Crippen LogP contribution in [-0.2, 0) is 4.74 Å². The van der Waals surface area contributed by atoms with E-state index in [4.69, 9.17) is 4.74 Å². The van der Waals surface area contributed by atoms with E-state index in [1.165, 1.54) is 0 Å². The number of hydrogen-bond donors (Lipinski definition) is 5. The Morgan fingerprint density at radius 1 is 1.17 bits per heavy atom. The van der Waals surface area contributed by atoms with E-state index in [2.05, 4.69) is 0 Å². The maximum atomic E-state index is 9.95. The molecule has 0 spiro atoms. The molecule has 6 nitrogen and oxygen atoms in total. The molecular weight excluding hydrogens is 240 g/mol. The molecule has 6 heteroatoms. The van der Waals surface area contributed by atoms with E-state index in [9.17, 15) is 25.5 Å². The van der Waals surface area contributed by atoms with E-state index in [0.717, 1.165) is 6.42 Å². The van der Waals surface area contributed by atoms with Gasteiger partial charge in [-0.1, -0.05) is 13.3 Å². The van der Waals surface area contributed by atoms with Gasteiger partial charge in [-0.15, -0.1) is 0 Å². The highest BCUT2D eigenvalue weighted by atomic mass is 16.5. The zero-order valence-corrected chi connectivity index (χ0v) is 10.2. The van der Waals surface area contributed by atoms with Gasteiger partial charge in [0.05, 0.1) is 12.7 Å². The molecule has 0 saturated carbocycles. The zero-order valence-electron chi connectivity index (χ0n) is 10.2. The summed E-state index contributed by atoms with van der Waals surface area (Å²) >= 11 is 0. The van der Waals surface area contributed by atoms with Gasteiger partial charge in [-0.05, 0) is 17.6 Å². The van der Waals surface area contributed by atoms with Crippen LogP contribution < -0.4 is 0 Å². The second-order valence-corrected chi connectivity index (χ2v) is 4.94. The molecule has 6 atom stereocenters. The van der Waals surface area contributed by atoms with Crippen LogP contribution in [0.25, 0.3) is 0 Å². The highest BCUT2D eigenvalue weighted by Gasteiger charge is 2.48. The lowest BCUT2D eigenvalue weighted by Gasteiger charge is -2.35. The molecule has 5 N–H and O–H groups in total. The molecule has 2 rings (SSSR count). The zero-order chi connectivity index (χ0) is 13.4. The fourth-order valence-electron chi connectivity index (χ4n) is 2.68. The molecule has 1 heterocycles. The Hall–Kier alpha value is -0.500. The highest BCUT2D eigenvalue weighted by Crippen LogP contribution is 2.36. The molecule has 1 aliphatic carbocycles. The van der Waals surface area contributed by atoms with Gasteiger partial charge in [0, 0.05) is 0 Å². The first-order chi connectivity index (χ1) is 8.49. The van der Waals surface area contributed by atoms with Crippen molar-refractivity contribution in [3.63, 3.8) is 0 Å². The summed E-state index contributed by atoms with van der Waals surface area (Å²) in [5.74, 6) is 0. The maximum absolute atomic E-state index is 9.95. The predicted octanol–water partition coefficient (Wildman–Crippen LogP) is -1.70. The van der Waals surface area contributed by atoms with Crippen LogP contribution in [0.4, 0.5) is 0 Å². The summed E-state index contributed by atoms with van der Waals surface area (Å²) in [6.45, 7) is 1.97. The van der Waals surface area contributed by atoms with Gasteiger partial charge in [-0.25, -0.2) is 0 Å². The Morgan fingerprint density at radius 3 is 2.39 bits per heavy atom. The van der Waals surface area contributed by atoms with Gasteiger partial charge < -0.3 is 30.3 Å². The van der Waals surface area contributed by atoms with Crippen LogP contribution in [0.2, 0.25) is 0 Å². The highest BCUT2D eigenvalue weighted by molar-refractivity contribution is 5.36. The number of hydrogen-bond acceptors (Lipinski definition) is 6. The van der Waals surface area contributed by atoms with Gasteiger partial charge in [0.2, 0.25) is 0 Å². The molecule has 0 aromatic heterocycles. The minimum atomic E-state index is -1.46. The Morgan fingerprint density at radius 2 is 1.78 bits per heavy atom. The summed E-state index contributed by atoms with van der Waals surface area (Å²) in [4.78, 5) is 0. The van der Waals surface area contributed by atoms with Crippen molar-refractivity contribution in [2.24, 2.45) is 0 Å². The van der Waals surface area contributed by atoms with Crippen molar-refractivity contribution in [2.75, 3.05) is 6.61 Å². The lowest BCUT2D eigenvalue weighted by molar-refractivity contribution is -0.0988. The third-order valence-corrected chi connectivity index (χ3v) is 3.70. The molecule has 0 radical (unpaired) electrons. The predicted molar refractivity (Wildman–Crippen MR) is 61.7 cm³/mol. The molecule has 2 aliphatic rings. The van der Waals surface area contributed by atoms with Gasteiger partial charge in [0.1, 0.15) is 30.5 Å². The minimum Gasteiger partial charge on any atom is -0.390 e. The van der Waals surface area contributed by atoms with Gasteiger partial charge in [0.15, 0.2) is 0 Å². The normalized spacial score (nSPS) is 42.0. The molecule has 104 valence electrons. The van der Waals surface area contributed by atoms with Gasteiger partial charge >= 0.3 is 0 Å². The number of aliphatic hydroxyl groups excluding tert-OH is 5. The van der Waals surface area contributed by atoms with Crippen molar-refractivity contribution in [3.05, 3.63) is 11.1 Å². The van der Waals surface area contributed by atoms with Crippen molar-refractivity contribution in [3.8, 4) is 0 Å². The third-order valence-electron chi connectivity index (χ3n) is 3.70. The smallest absolute Gasteiger partial charge is 0.113 e. The molecule has 0 bridgehead atoms. The topological polar surface area (TPSA) is 110 Å². The second kappa shape index (κ2) is 5.24. The van der Waals surface area contributed by atoms with Crippen molar-refractivity contribution in [1.82, 2.24) is 0 Å².